The van der Waals surface area contributed by atoms with Crippen molar-refractivity contribution in [1.82, 2.24) is 24.9 Å². The van der Waals surface area contributed by atoms with Crippen molar-refractivity contribution >= 4 is 11.6 Å². The van der Waals surface area contributed by atoms with Gasteiger partial charge in [0.2, 0.25) is 0 Å². The Balaban J connectivity index is 1.74. The number of hydrogen-bond donors (Lipinski definition) is 1. The van der Waals surface area contributed by atoms with E-state index in [9.17, 15) is 4.79 Å². The number of carbonyl (C=O) groups excluding carboxylic acids is 1. The van der Waals surface area contributed by atoms with Crippen molar-refractivity contribution < 1.29 is 4.79 Å². The molecule has 122 valence electrons. The van der Waals surface area contributed by atoms with Crippen molar-refractivity contribution in [2.75, 3.05) is 0 Å². The van der Waals surface area contributed by atoms with Crippen LogP contribution in [0.3, 0.4) is 0 Å². The molecule has 3 aromatic rings. The molecule has 3 heterocycles. The van der Waals surface area contributed by atoms with Crippen LogP contribution in [0.25, 0.3) is 16.9 Å². The molecule has 0 aliphatic heterocycles. The van der Waals surface area contributed by atoms with Crippen molar-refractivity contribution in [3.8, 4) is 11.3 Å². The Hall–Kier alpha value is -2.76. The van der Waals surface area contributed by atoms with Crippen LogP contribution in [-0.4, -0.2) is 31.5 Å². The van der Waals surface area contributed by atoms with Gasteiger partial charge in [-0.15, -0.1) is 0 Å². The van der Waals surface area contributed by atoms with Gasteiger partial charge < -0.3 is 5.32 Å². The molecule has 0 unspecified atom stereocenters. The van der Waals surface area contributed by atoms with Crippen molar-refractivity contribution in [2.45, 2.75) is 32.7 Å². The van der Waals surface area contributed by atoms with Crippen molar-refractivity contribution in [1.29, 1.82) is 0 Å². The predicted octanol–water partition coefficient (Wildman–Crippen LogP) is 2.63. The molecule has 0 spiro atoms. The van der Waals surface area contributed by atoms with E-state index in [2.05, 4.69) is 27.3 Å². The second kappa shape index (κ2) is 5.70. The van der Waals surface area contributed by atoms with Crippen LogP contribution in [0.1, 0.15) is 35.8 Å². The third-order valence-electron chi connectivity index (χ3n) is 4.56. The largest absolute Gasteiger partial charge is 0.349 e. The molecule has 1 N–H and O–H groups in total. The number of nitrogens with zero attached hydrogens (tertiary/aromatic N) is 4. The first kappa shape index (κ1) is 14.8. The lowest BCUT2D eigenvalue weighted by molar-refractivity contribution is 0.0937. The normalized spacial score (nSPS) is 15.4. The minimum Gasteiger partial charge on any atom is -0.349 e. The summed E-state index contributed by atoms with van der Waals surface area (Å²) in [6.45, 7) is 4.02. The van der Waals surface area contributed by atoms with Gasteiger partial charge in [0.1, 0.15) is 5.56 Å². The minimum absolute atomic E-state index is 0.108. The summed E-state index contributed by atoms with van der Waals surface area (Å²) in [5.41, 5.74) is 3.81. The van der Waals surface area contributed by atoms with Crippen LogP contribution in [-0.2, 0) is 0 Å². The topological polar surface area (TPSA) is 72.2 Å². The van der Waals surface area contributed by atoms with E-state index >= 15 is 0 Å². The highest BCUT2D eigenvalue weighted by Gasteiger charge is 2.29. The van der Waals surface area contributed by atoms with Gasteiger partial charge in [-0.3, -0.25) is 9.78 Å². The maximum absolute atomic E-state index is 12.6. The van der Waals surface area contributed by atoms with Gasteiger partial charge in [0.15, 0.2) is 5.65 Å². The summed E-state index contributed by atoms with van der Waals surface area (Å²) in [5.74, 6) is 0.501. The minimum atomic E-state index is -0.108. The Morgan fingerprint density at radius 3 is 2.79 bits per heavy atom. The Bertz CT molecular complexity index is 898. The smallest absolute Gasteiger partial charge is 0.256 e. The highest BCUT2D eigenvalue weighted by Crippen LogP contribution is 2.32. The van der Waals surface area contributed by atoms with Crippen LogP contribution in [0.4, 0.5) is 0 Å². The average Bonchev–Trinajstić information content (AvgIpc) is 3.35. The fourth-order valence-electron chi connectivity index (χ4n) is 2.94. The zero-order chi connectivity index (χ0) is 16.7. The summed E-state index contributed by atoms with van der Waals surface area (Å²) in [7, 11) is 0. The van der Waals surface area contributed by atoms with Gasteiger partial charge in [-0.2, -0.15) is 5.10 Å². The van der Waals surface area contributed by atoms with Crippen LogP contribution in [0.5, 0.6) is 0 Å². The highest BCUT2D eigenvalue weighted by molar-refractivity contribution is 6.00. The average molecular weight is 321 g/mol. The van der Waals surface area contributed by atoms with Crippen molar-refractivity contribution in [2.24, 2.45) is 5.92 Å². The van der Waals surface area contributed by atoms with Gasteiger partial charge in [0.05, 0.1) is 11.9 Å². The van der Waals surface area contributed by atoms with E-state index in [4.69, 9.17) is 0 Å². The third-order valence-corrected chi connectivity index (χ3v) is 4.56. The molecule has 3 aromatic heterocycles. The standard InChI is InChI=1S/C18H19N5O/c1-11-9-16(14-5-7-19-8-6-14)22-17-15(10-20-23(11)17)18(24)21-12(2)13-3-4-13/h5-10,12-13H,3-4H2,1-2H3,(H,21,24)/t12-/m0/s1. The molecule has 6 heteroatoms. The number of pyridine rings is 1. The number of carbonyl (C=O) groups is 1. The predicted molar refractivity (Wildman–Crippen MR) is 90.6 cm³/mol. The summed E-state index contributed by atoms with van der Waals surface area (Å²) in [6.07, 6.45) is 7.45. The van der Waals surface area contributed by atoms with Gasteiger partial charge >= 0.3 is 0 Å². The molecule has 0 saturated heterocycles. The van der Waals surface area contributed by atoms with Crippen LogP contribution >= 0.6 is 0 Å². The van der Waals surface area contributed by atoms with Gasteiger partial charge in [-0.25, -0.2) is 9.50 Å². The highest BCUT2D eigenvalue weighted by atomic mass is 16.1. The Kier molecular flexibility index (Phi) is 3.52. The van der Waals surface area contributed by atoms with Crippen LogP contribution < -0.4 is 5.32 Å². The Morgan fingerprint density at radius 1 is 1.33 bits per heavy atom. The number of aromatic nitrogens is 4. The van der Waals surface area contributed by atoms with E-state index < -0.39 is 0 Å². The maximum Gasteiger partial charge on any atom is 0.256 e. The Labute approximate surface area is 139 Å². The van der Waals surface area contributed by atoms with Crippen LogP contribution in [0.15, 0.2) is 36.8 Å². The van der Waals surface area contributed by atoms with Crippen molar-refractivity contribution in [3.05, 3.63) is 48.0 Å². The number of amides is 1. The number of hydrogen-bond acceptors (Lipinski definition) is 4. The molecular weight excluding hydrogens is 302 g/mol. The summed E-state index contributed by atoms with van der Waals surface area (Å²) >= 11 is 0. The Morgan fingerprint density at radius 2 is 2.08 bits per heavy atom. The first-order chi connectivity index (χ1) is 11.6. The lowest BCUT2D eigenvalue weighted by atomic mass is 10.1. The second-order valence-electron chi connectivity index (χ2n) is 6.41. The van der Waals surface area contributed by atoms with Gasteiger partial charge in [-0.05, 0) is 50.8 Å². The molecular formula is C18H19N5O. The number of fused-ring (bicyclic) bond motifs is 1. The van der Waals surface area contributed by atoms with E-state index in [-0.39, 0.29) is 11.9 Å². The first-order valence-electron chi connectivity index (χ1n) is 8.20. The lowest BCUT2D eigenvalue weighted by Gasteiger charge is -2.12. The molecule has 6 nitrogen and oxygen atoms in total. The van der Waals surface area contributed by atoms with E-state index in [1.807, 2.05) is 25.1 Å². The maximum atomic E-state index is 12.6. The summed E-state index contributed by atoms with van der Waals surface area (Å²) in [6, 6.07) is 5.97. The molecule has 1 aliphatic carbocycles. The first-order valence-corrected chi connectivity index (χ1v) is 8.20. The van der Waals surface area contributed by atoms with E-state index in [1.165, 1.54) is 12.8 Å². The molecule has 1 saturated carbocycles. The molecule has 1 aliphatic rings. The monoisotopic (exact) mass is 321 g/mol. The molecule has 0 bridgehead atoms. The molecule has 1 atom stereocenters. The van der Waals surface area contributed by atoms with Gasteiger partial charge in [-0.1, -0.05) is 0 Å². The summed E-state index contributed by atoms with van der Waals surface area (Å²) in [5, 5.41) is 7.40. The van der Waals surface area contributed by atoms with Gasteiger partial charge in [0, 0.05) is 29.7 Å². The van der Waals surface area contributed by atoms with Crippen LogP contribution in [0.2, 0.25) is 0 Å². The fourth-order valence-corrected chi connectivity index (χ4v) is 2.94. The second-order valence-corrected chi connectivity index (χ2v) is 6.41. The number of rotatable bonds is 4. The van der Waals surface area contributed by atoms with Gasteiger partial charge in [0.25, 0.3) is 5.91 Å². The van der Waals surface area contributed by atoms with E-state index in [1.54, 1.807) is 23.1 Å². The molecule has 1 fully saturated rings. The quantitative estimate of drug-likeness (QED) is 0.802. The number of aryl methyl sites for hydroxylation is 1. The number of nitrogens with one attached hydrogen (secondary N) is 1. The molecule has 0 aromatic carbocycles. The van der Waals surface area contributed by atoms with Crippen molar-refractivity contribution in [3.63, 3.8) is 0 Å². The summed E-state index contributed by atoms with van der Waals surface area (Å²) < 4.78 is 1.71. The molecule has 4 rings (SSSR count). The van der Waals surface area contributed by atoms with E-state index in [0.717, 1.165) is 17.0 Å². The zero-order valence-electron chi connectivity index (χ0n) is 13.7. The lowest BCUT2D eigenvalue weighted by Crippen LogP contribution is -2.34. The SMILES string of the molecule is Cc1cc(-c2ccncc2)nc2c(C(=O)N[C@@H](C)C3CC3)cnn12. The van der Waals surface area contributed by atoms with Crippen LogP contribution in [0, 0.1) is 12.8 Å². The zero-order valence-corrected chi connectivity index (χ0v) is 13.7. The molecule has 24 heavy (non-hydrogen) atoms. The fraction of sp³-hybridized carbons (Fsp3) is 0.333. The van der Waals surface area contributed by atoms with E-state index in [0.29, 0.717) is 17.1 Å². The third kappa shape index (κ3) is 2.64. The molecule has 0 radical (unpaired) electrons. The molecule has 1 amide bonds. The summed E-state index contributed by atoms with van der Waals surface area (Å²) in [4.78, 5) is 21.3.